The average Bonchev–Trinajstić information content (AvgIpc) is 2.38. The lowest BCUT2D eigenvalue weighted by atomic mass is 10.1. The van der Waals surface area contributed by atoms with Crippen molar-refractivity contribution in [2.45, 2.75) is 32.8 Å². The molecule has 1 aliphatic heterocycles. The van der Waals surface area contributed by atoms with Gasteiger partial charge in [0, 0.05) is 19.5 Å². The number of carbonyl (C=O) groups excluding carboxylic acids is 1. The lowest BCUT2D eigenvalue weighted by Gasteiger charge is -2.31. The SMILES string of the molecule is Cc1ccc(CCC(=O)N2CCOC(C)C2)cc1. The zero-order chi connectivity index (χ0) is 13.0. The molecule has 1 heterocycles. The third-order valence-corrected chi connectivity index (χ3v) is 3.34. The summed E-state index contributed by atoms with van der Waals surface area (Å²) in [5.41, 5.74) is 2.49. The van der Waals surface area contributed by atoms with E-state index in [-0.39, 0.29) is 12.0 Å². The Labute approximate surface area is 109 Å². The third-order valence-electron chi connectivity index (χ3n) is 3.34. The molecule has 1 saturated heterocycles. The smallest absolute Gasteiger partial charge is 0.223 e. The quantitative estimate of drug-likeness (QED) is 0.819. The summed E-state index contributed by atoms with van der Waals surface area (Å²) in [6, 6.07) is 8.39. The minimum atomic E-state index is 0.169. The van der Waals surface area contributed by atoms with Crippen molar-refractivity contribution in [3.05, 3.63) is 35.4 Å². The molecule has 98 valence electrons. The molecule has 0 radical (unpaired) electrons. The van der Waals surface area contributed by atoms with Crippen LogP contribution >= 0.6 is 0 Å². The Hall–Kier alpha value is -1.35. The van der Waals surface area contributed by atoms with Crippen molar-refractivity contribution in [1.29, 1.82) is 0 Å². The number of amides is 1. The maximum absolute atomic E-state index is 12.1. The van der Waals surface area contributed by atoms with Crippen LogP contribution in [0.1, 0.15) is 24.5 Å². The molecule has 0 aliphatic carbocycles. The second-order valence-corrected chi connectivity index (χ2v) is 5.01. The molecule has 1 atom stereocenters. The van der Waals surface area contributed by atoms with Gasteiger partial charge in [0.25, 0.3) is 0 Å². The van der Waals surface area contributed by atoms with E-state index in [1.807, 2.05) is 11.8 Å². The van der Waals surface area contributed by atoms with Gasteiger partial charge in [-0.3, -0.25) is 4.79 Å². The first-order valence-corrected chi connectivity index (χ1v) is 6.60. The summed E-state index contributed by atoms with van der Waals surface area (Å²) in [5.74, 6) is 0.241. The van der Waals surface area contributed by atoms with Crippen LogP contribution in [-0.4, -0.2) is 36.6 Å². The highest BCUT2D eigenvalue weighted by molar-refractivity contribution is 5.76. The van der Waals surface area contributed by atoms with Gasteiger partial charge in [-0.2, -0.15) is 0 Å². The van der Waals surface area contributed by atoms with Crippen molar-refractivity contribution in [3.8, 4) is 0 Å². The van der Waals surface area contributed by atoms with Gasteiger partial charge in [0.2, 0.25) is 5.91 Å². The lowest BCUT2D eigenvalue weighted by molar-refractivity contribution is -0.138. The Kier molecular flexibility index (Phi) is 4.37. The van der Waals surface area contributed by atoms with Gasteiger partial charge in [-0.25, -0.2) is 0 Å². The number of ether oxygens (including phenoxy) is 1. The van der Waals surface area contributed by atoms with E-state index in [0.29, 0.717) is 13.0 Å². The fourth-order valence-electron chi connectivity index (χ4n) is 2.21. The van der Waals surface area contributed by atoms with E-state index in [1.165, 1.54) is 11.1 Å². The van der Waals surface area contributed by atoms with Gasteiger partial charge in [-0.1, -0.05) is 29.8 Å². The van der Waals surface area contributed by atoms with Crippen LogP contribution in [0.2, 0.25) is 0 Å². The molecule has 1 fully saturated rings. The molecule has 1 aromatic rings. The molecule has 0 aromatic heterocycles. The van der Waals surface area contributed by atoms with Crippen LogP contribution in [0.25, 0.3) is 0 Å². The van der Waals surface area contributed by atoms with E-state index in [9.17, 15) is 4.79 Å². The first-order valence-electron chi connectivity index (χ1n) is 6.60. The summed E-state index contributed by atoms with van der Waals surface area (Å²) in [5, 5.41) is 0. The van der Waals surface area contributed by atoms with Crippen molar-refractivity contribution < 1.29 is 9.53 Å². The summed E-state index contributed by atoms with van der Waals surface area (Å²) in [6.45, 7) is 6.21. The number of rotatable bonds is 3. The van der Waals surface area contributed by atoms with E-state index < -0.39 is 0 Å². The van der Waals surface area contributed by atoms with Gasteiger partial charge in [0.1, 0.15) is 0 Å². The van der Waals surface area contributed by atoms with E-state index in [0.717, 1.165) is 19.5 Å². The van der Waals surface area contributed by atoms with Crippen LogP contribution in [0.4, 0.5) is 0 Å². The molecule has 1 amide bonds. The van der Waals surface area contributed by atoms with Gasteiger partial charge in [0.05, 0.1) is 12.7 Å². The summed E-state index contributed by atoms with van der Waals surface area (Å²) in [6.07, 6.45) is 1.59. The first kappa shape index (κ1) is 13.1. The molecule has 0 spiro atoms. The number of hydrogen-bond acceptors (Lipinski definition) is 2. The number of morpholine rings is 1. The predicted octanol–water partition coefficient (Wildman–Crippen LogP) is 2.17. The van der Waals surface area contributed by atoms with Crippen LogP contribution in [0, 0.1) is 6.92 Å². The Morgan fingerprint density at radius 2 is 2.11 bits per heavy atom. The van der Waals surface area contributed by atoms with Crippen molar-refractivity contribution in [2.24, 2.45) is 0 Å². The van der Waals surface area contributed by atoms with Crippen molar-refractivity contribution >= 4 is 5.91 Å². The van der Waals surface area contributed by atoms with Crippen LogP contribution in [0.15, 0.2) is 24.3 Å². The largest absolute Gasteiger partial charge is 0.375 e. The normalized spacial score (nSPS) is 19.9. The summed E-state index contributed by atoms with van der Waals surface area (Å²) >= 11 is 0. The molecule has 3 nitrogen and oxygen atoms in total. The van der Waals surface area contributed by atoms with Crippen LogP contribution in [0.3, 0.4) is 0 Å². The number of benzene rings is 1. The molecular formula is C15H21NO2. The molecule has 0 bridgehead atoms. The molecule has 0 N–H and O–H groups in total. The molecule has 0 saturated carbocycles. The minimum absolute atomic E-state index is 0.169. The molecule has 1 aliphatic rings. The maximum atomic E-state index is 12.1. The molecule has 1 unspecified atom stereocenters. The highest BCUT2D eigenvalue weighted by Crippen LogP contribution is 2.10. The average molecular weight is 247 g/mol. The van der Waals surface area contributed by atoms with E-state index in [1.54, 1.807) is 0 Å². The van der Waals surface area contributed by atoms with Crippen LogP contribution in [0.5, 0.6) is 0 Å². The fourth-order valence-corrected chi connectivity index (χ4v) is 2.21. The Bertz CT molecular complexity index is 399. The van der Waals surface area contributed by atoms with Crippen LogP contribution in [-0.2, 0) is 16.0 Å². The molecular weight excluding hydrogens is 226 g/mol. The lowest BCUT2D eigenvalue weighted by Crippen LogP contribution is -2.44. The number of carbonyl (C=O) groups is 1. The second-order valence-electron chi connectivity index (χ2n) is 5.01. The molecule has 1 aromatic carbocycles. The molecule has 18 heavy (non-hydrogen) atoms. The first-order chi connectivity index (χ1) is 8.65. The van der Waals surface area contributed by atoms with Gasteiger partial charge >= 0.3 is 0 Å². The number of aryl methyl sites for hydroxylation is 2. The van der Waals surface area contributed by atoms with E-state index in [2.05, 4.69) is 31.2 Å². The Balaban J connectivity index is 1.82. The minimum Gasteiger partial charge on any atom is -0.375 e. The standard InChI is InChI=1S/C15H21NO2/c1-12-3-5-14(6-4-12)7-8-15(17)16-9-10-18-13(2)11-16/h3-6,13H,7-11H2,1-2H3. The van der Waals surface area contributed by atoms with Gasteiger partial charge in [-0.05, 0) is 25.8 Å². The summed E-state index contributed by atoms with van der Waals surface area (Å²) in [4.78, 5) is 14.0. The van der Waals surface area contributed by atoms with Crippen LogP contribution < -0.4 is 0 Å². The topological polar surface area (TPSA) is 29.5 Å². The Morgan fingerprint density at radius 1 is 1.39 bits per heavy atom. The second kappa shape index (κ2) is 6.01. The van der Waals surface area contributed by atoms with Gasteiger partial charge in [0.15, 0.2) is 0 Å². The third kappa shape index (κ3) is 3.57. The monoisotopic (exact) mass is 247 g/mol. The molecule has 2 rings (SSSR count). The van der Waals surface area contributed by atoms with E-state index in [4.69, 9.17) is 4.74 Å². The maximum Gasteiger partial charge on any atom is 0.223 e. The fraction of sp³-hybridized carbons (Fsp3) is 0.533. The highest BCUT2D eigenvalue weighted by Gasteiger charge is 2.20. The molecule has 3 heteroatoms. The zero-order valence-electron chi connectivity index (χ0n) is 11.2. The van der Waals surface area contributed by atoms with Crippen molar-refractivity contribution in [1.82, 2.24) is 4.90 Å². The number of nitrogens with zero attached hydrogens (tertiary/aromatic N) is 1. The Morgan fingerprint density at radius 3 is 2.78 bits per heavy atom. The van der Waals surface area contributed by atoms with Gasteiger partial charge in [-0.15, -0.1) is 0 Å². The summed E-state index contributed by atoms with van der Waals surface area (Å²) < 4.78 is 5.44. The summed E-state index contributed by atoms with van der Waals surface area (Å²) in [7, 11) is 0. The van der Waals surface area contributed by atoms with Crippen molar-refractivity contribution in [3.63, 3.8) is 0 Å². The van der Waals surface area contributed by atoms with Crippen molar-refractivity contribution in [2.75, 3.05) is 19.7 Å². The van der Waals surface area contributed by atoms with E-state index >= 15 is 0 Å². The predicted molar refractivity (Wildman–Crippen MR) is 71.5 cm³/mol. The van der Waals surface area contributed by atoms with Gasteiger partial charge < -0.3 is 9.64 Å². The number of hydrogen-bond donors (Lipinski definition) is 0. The zero-order valence-corrected chi connectivity index (χ0v) is 11.2. The highest BCUT2D eigenvalue weighted by atomic mass is 16.5.